The van der Waals surface area contributed by atoms with Gasteiger partial charge in [-0.15, -0.1) is 11.3 Å². The van der Waals surface area contributed by atoms with Gasteiger partial charge in [0.1, 0.15) is 0 Å². The zero-order valence-corrected chi connectivity index (χ0v) is 10.6. The van der Waals surface area contributed by atoms with Crippen LogP contribution in [0.25, 0.3) is 16.5 Å². The Balaban J connectivity index is 2.23. The molecule has 3 rings (SSSR count). The first-order valence-electron chi connectivity index (χ1n) is 4.97. The lowest BCUT2D eigenvalue weighted by Gasteiger charge is -2.00. The Hall–Kier alpha value is -1.73. The smallest absolute Gasteiger partial charge is 0.201 e. The Morgan fingerprint density at radius 3 is 2.94 bits per heavy atom. The van der Waals surface area contributed by atoms with Crippen LogP contribution >= 0.6 is 23.6 Å². The van der Waals surface area contributed by atoms with Crippen LogP contribution in [0.3, 0.4) is 0 Å². The zero-order valence-electron chi connectivity index (χ0n) is 8.99. The molecule has 0 atom stereocenters. The first kappa shape index (κ1) is 10.4. The molecule has 0 aliphatic carbocycles. The minimum Gasteiger partial charge on any atom is -0.274 e. The first-order valence-corrected chi connectivity index (χ1v) is 6.26. The number of aromatic nitrogens is 5. The maximum absolute atomic E-state index is 5.24. The lowest BCUT2D eigenvalue weighted by molar-refractivity contribution is 0.750. The molecule has 3 aromatic heterocycles. The normalized spacial score (nSPS) is 10.9. The van der Waals surface area contributed by atoms with Crippen molar-refractivity contribution in [2.45, 2.75) is 0 Å². The molecule has 0 spiro atoms. The second kappa shape index (κ2) is 3.94. The van der Waals surface area contributed by atoms with Crippen LogP contribution in [-0.2, 0) is 7.05 Å². The minimum absolute atomic E-state index is 0.548. The van der Waals surface area contributed by atoms with Crippen molar-refractivity contribution in [3.63, 3.8) is 0 Å². The van der Waals surface area contributed by atoms with Gasteiger partial charge in [0.05, 0.1) is 4.88 Å². The van der Waals surface area contributed by atoms with Crippen molar-refractivity contribution in [1.29, 1.82) is 0 Å². The molecule has 0 saturated heterocycles. The SMILES string of the molecule is Cn1ccc(-n2c(-c3cccs3)n[nH]c2=S)n1. The van der Waals surface area contributed by atoms with E-state index in [1.54, 1.807) is 16.0 Å². The molecule has 0 aliphatic heterocycles. The van der Waals surface area contributed by atoms with Gasteiger partial charge in [0, 0.05) is 19.3 Å². The molecule has 7 heteroatoms. The van der Waals surface area contributed by atoms with Gasteiger partial charge in [-0.05, 0) is 23.7 Å². The summed E-state index contributed by atoms with van der Waals surface area (Å²) in [6.45, 7) is 0. The van der Waals surface area contributed by atoms with Crippen LogP contribution in [0.2, 0.25) is 0 Å². The highest BCUT2D eigenvalue weighted by Gasteiger charge is 2.12. The molecule has 0 amide bonds. The van der Waals surface area contributed by atoms with Gasteiger partial charge >= 0.3 is 0 Å². The van der Waals surface area contributed by atoms with Crippen molar-refractivity contribution in [1.82, 2.24) is 24.5 Å². The lowest BCUT2D eigenvalue weighted by atomic mass is 10.4. The fraction of sp³-hybridized carbons (Fsp3) is 0.100. The quantitative estimate of drug-likeness (QED) is 0.722. The minimum atomic E-state index is 0.548. The molecule has 0 bridgehead atoms. The molecule has 0 fully saturated rings. The number of thiophene rings is 1. The summed E-state index contributed by atoms with van der Waals surface area (Å²) >= 11 is 6.86. The molecule has 0 radical (unpaired) electrons. The standard InChI is InChI=1S/C10H9N5S2/c1-14-5-4-8(13-14)15-9(11-12-10(15)16)7-3-2-6-17-7/h2-6H,1H3,(H,12,16). The van der Waals surface area contributed by atoms with Crippen LogP contribution in [0.15, 0.2) is 29.8 Å². The van der Waals surface area contributed by atoms with Crippen molar-refractivity contribution in [2.75, 3.05) is 0 Å². The number of hydrogen-bond donors (Lipinski definition) is 1. The van der Waals surface area contributed by atoms with Crippen LogP contribution in [-0.4, -0.2) is 24.5 Å². The van der Waals surface area contributed by atoms with Gasteiger partial charge in [0.25, 0.3) is 0 Å². The van der Waals surface area contributed by atoms with E-state index in [4.69, 9.17) is 12.2 Å². The van der Waals surface area contributed by atoms with E-state index in [0.29, 0.717) is 4.77 Å². The van der Waals surface area contributed by atoms with Gasteiger partial charge in [-0.25, -0.2) is 4.57 Å². The molecular formula is C10H9N5S2. The molecule has 3 heterocycles. The molecule has 3 aromatic rings. The van der Waals surface area contributed by atoms with Crippen molar-refractivity contribution >= 4 is 23.6 Å². The first-order chi connectivity index (χ1) is 8.25. The highest BCUT2D eigenvalue weighted by molar-refractivity contribution is 7.71. The van der Waals surface area contributed by atoms with Crippen LogP contribution in [0, 0.1) is 4.77 Å². The number of H-pyrrole nitrogens is 1. The third-order valence-electron chi connectivity index (χ3n) is 2.34. The van der Waals surface area contributed by atoms with Crippen molar-refractivity contribution in [3.05, 3.63) is 34.5 Å². The summed E-state index contributed by atoms with van der Waals surface area (Å²) in [7, 11) is 1.87. The molecule has 0 unspecified atom stereocenters. The zero-order chi connectivity index (χ0) is 11.8. The number of nitrogens with zero attached hydrogens (tertiary/aromatic N) is 4. The maximum Gasteiger partial charge on any atom is 0.201 e. The van der Waals surface area contributed by atoms with Gasteiger partial charge in [0.15, 0.2) is 11.6 Å². The summed E-state index contributed by atoms with van der Waals surface area (Å²) in [5.41, 5.74) is 0. The van der Waals surface area contributed by atoms with Gasteiger partial charge < -0.3 is 0 Å². The topological polar surface area (TPSA) is 51.4 Å². The van der Waals surface area contributed by atoms with E-state index < -0.39 is 0 Å². The molecule has 5 nitrogen and oxygen atoms in total. The average Bonchev–Trinajstić information content (AvgIpc) is 2.97. The van der Waals surface area contributed by atoms with Gasteiger partial charge in [-0.3, -0.25) is 9.78 Å². The second-order valence-electron chi connectivity index (χ2n) is 3.51. The number of hydrogen-bond acceptors (Lipinski definition) is 4. The number of aryl methyl sites for hydroxylation is 1. The van der Waals surface area contributed by atoms with Crippen molar-refractivity contribution in [2.24, 2.45) is 7.05 Å². The highest BCUT2D eigenvalue weighted by atomic mass is 32.1. The lowest BCUT2D eigenvalue weighted by Crippen LogP contribution is -1.99. The number of aromatic amines is 1. The Morgan fingerprint density at radius 1 is 1.41 bits per heavy atom. The Kier molecular flexibility index (Phi) is 2.41. The molecule has 0 saturated carbocycles. The van der Waals surface area contributed by atoms with Crippen LogP contribution in [0.1, 0.15) is 0 Å². The third kappa shape index (κ3) is 1.73. The maximum atomic E-state index is 5.24. The Labute approximate surface area is 106 Å². The summed E-state index contributed by atoms with van der Waals surface area (Å²) in [5.74, 6) is 1.57. The number of nitrogens with one attached hydrogen (secondary N) is 1. The predicted molar refractivity (Wildman–Crippen MR) is 68.8 cm³/mol. The Morgan fingerprint density at radius 2 is 2.29 bits per heavy atom. The fourth-order valence-electron chi connectivity index (χ4n) is 1.60. The summed E-state index contributed by atoms with van der Waals surface area (Å²) in [4.78, 5) is 1.06. The summed E-state index contributed by atoms with van der Waals surface area (Å²) in [6, 6.07) is 5.90. The average molecular weight is 263 g/mol. The van der Waals surface area contributed by atoms with E-state index >= 15 is 0 Å². The molecule has 0 aromatic carbocycles. The van der Waals surface area contributed by atoms with E-state index in [-0.39, 0.29) is 0 Å². The molecule has 1 N–H and O–H groups in total. The molecular weight excluding hydrogens is 254 g/mol. The van der Waals surface area contributed by atoms with Crippen LogP contribution in [0.4, 0.5) is 0 Å². The summed E-state index contributed by atoms with van der Waals surface area (Å²) in [6.07, 6.45) is 1.88. The summed E-state index contributed by atoms with van der Waals surface area (Å²) in [5, 5.41) is 13.4. The molecule has 0 aliphatic rings. The molecule has 86 valence electrons. The van der Waals surface area contributed by atoms with Gasteiger partial charge in [-0.2, -0.15) is 10.2 Å². The van der Waals surface area contributed by atoms with Crippen molar-refractivity contribution in [3.8, 4) is 16.5 Å². The monoisotopic (exact) mass is 263 g/mol. The van der Waals surface area contributed by atoms with Crippen LogP contribution < -0.4 is 0 Å². The van der Waals surface area contributed by atoms with Gasteiger partial charge in [-0.1, -0.05) is 6.07 Å². The van der Waals surface area contributed by atoms with Crippen LogP contribution in [0.5, 0.6) is 0 Å². The number of rotatable bonds is 2. The summed E-state index contributed by atoms with van der Waals surface area (Å²) < 4.78 is 4.12. The van der Waals surface area contributed by atoms with E-state index in [2.05, 4.69) is 15.3 Å². The van der Waals surface area contributed by atoms with E-state index in [9.17, 15) is 0 Å². The predicted octanol–water partition coefficient (Wildman–Crippen LogP) is 2.39. The molecule has 17 heavy (non-hydrogen) atoms. The fourth-order valence-corrected chi connectivity index (χ4v) is 2.53. The second-order valence-corrected chi connectivity index (χ2v) is 4.85. The van der Waals surface area contributed by atoms with E-state index in [0.717, 1.165) is 16.5 Å². The third-order valence-corrected chi connectivity index (χ3v) is 3.48. The Bertz CT molecular complexity index is 688. The highest BCUT2D eigenvalue weighted by Crippen LogP contribution is 2.24. The van der Waals surface area contributed by atoms with Gasteiger partial charge in [0.2, 0.25) is 4.77 Å². The van der Waals surface area contributed by atoms with E-state index in [1.807, 2.05) is 41.4 Å². The van der Waals surface area contributed by atoms with Crippen molar-refractivity contribution < 1.29 is 0 Å². The van der Waals surface area contributed by atoms with E-state index in [1.165, 1.54) is 0 Å². The largest absolute Gasteiger partial charge is 0.274 e.